The number of pyridine rings is 1. The topological polar surface area (TPSA) is 116 Å². The number of rotatable bonds is 2. The number of hydrogen-bond acceptors (Lipinski definition) is 4. The Morgan fingerprint density at radius 2 is 1.87 bits per heavy atom. The predicted molar refractivity (Wildman–Crippen MR) is 47.8 cm³/mol. The number of hydrogen-bond donors (Lipinski definition) is 3. The predicted octanol–water partition coefficient (Wildman–Crippen LogP) is 0.354. The van der Waals surface area contributed by atoms with E-state index < -0.39 is 11.9 Å². The fraction of sp³-hybridized carbons (Fsp3) is 0. The van der Waals surface area contributed by atoms with Crippen LogP contribution in [-0.2, 0) is 0 Å². The lowest BCUT2D eigenvalue weighted by molar-refractivity contribution is 0.0678. The van der Waals surface area contributed by atoms with Crippen molar-refractivity contribution in [1.29, 1.82) is 0 Å². The van der Waals surface area contributed by atoms with E-state index in [0.717, 1.165) is 0 Å². The highest BCUT2D eigenvalue weighted by Gasteiger charge is 2.12. The molecule has 0 saturated heterocycles. The highest BCUT2D eigenvalue weighted by molar-refractivity contribution is 5.90. The van der Waals surface area contributed by atoms with E-state index in [2.05, 4.69) is 15.0 Å². The fourth-order valence-corrected chi connectivity index (χ4v) is 1.11. The van der Waals surface area contributed by atoms with Gasteiger partial charge in [-0.25, -0.2) is 19.6 Å². The number of fused-ring (bicyclic) bond motifs is 1. The Morgan fingerprint density at radius 3 is 2.47 bits per heavy atom. The SMILES string of the molecule is O=C(O)c1ccc2[nH]c(C(=O)O)nc2n1. The van der Waals surface area contributed by atoms with Crippen LogP contribution in [0.5, 0.6) is 0 Å². The number of imidazole rings is 1. The van der Waals surface area contributed by atoms with Gasteiger partial charge in [-0.1, -0.05) is 0 Å². The van der Waals surface area contributed by atoms with Crippen molar-refractivity contribution in [3.05, 3.63) is 23.7 Å². The molecule has 0 fully saturated rings. The fourth-order valence-electron chi connectivity index (χ4n) is 1.11. The molecule has 0 atom stereocenters. The second-order valence-electron chi connectivity index (χ2n) is 2.76. The number of nitrogens with zero attached hydrogens (tertiary/aromatic N) is 2. The molecule has 0 bridgehead atoms. The summed E-state index contributed by atoms with van der Waals surface area (Å²) in [4.78, 5) is 30.9. The summed E-state index contributed by atoms with van der Waals surface area (Å²) >= 11 is 0. The Labute approximate surface area is 82.4 Å². The van der Waals surface area contributed by atoms with Crippen molar-refractivity contribution < 1.29 is 19.8 Å². The Bertz CT molecular complexity index is 548. The average Bonchev–Trinajstić information content (AvgIpc) is 2.59. The van der Waals surface area contributed by atoms with Crippen molar-refractivity contribution in [3.8, 4) is 0 Å². The average molecular weight is 207 g/mol. The van der Waals surface area contributed by atoms with Crippen LogP contribution in [-0.4, -0.2) is 37.1 Å². The van der Waals surface area contributed by atoms with Gasteiger partial charge >= 0.3 is 11.9 Å². The minimum absolute atomic E-state index is 0.0762. The number of aromatic carboxylic acids is 2. The summed E-state index contributed by atoms with van der Waals surface area (Å²) in [7, 11) is 0. The van der Waals surface area contributed by atoms with Crippen LogP contribution >= 0.6 is 0 Å². The molecule has 2 aromatic rings. The maximum absolute atomic E-state index is 10.6. The zero-order valence-electron chi connectivity index (χ0n) is 7.26. The van der Waals surface area contributed by atoms with Gasteiger partial charge in [0.2, 0.25) is 5.82 Å². The van der Waals surface area contributed by atoms with Crippen molar-refractivity contribution in [3.63, 3.8) is 0 Å². The number of nitrogens with one attached hydrogen (secondary N) is 1. The van der Waals surface area contributed by atoms with Crippen molar-refractivity contribution >= 4 is 23.1 Å². The standard InChI is InChI=1S/C8H5N3O4/c12-7(13)4-2-1-3-5(10-4)11-6(9-3)8(14)15/h1-2H,(H,12,13)(H,14,15)(H,9,10,11). The number of aromatic nitrogens is 3. The third-order valence-electron chi connectivity index (χ3n) is 1.77. The maximum atomic E-state index is 10.6. The molecule has 0 spiro atoms. The van der Waals surface area contributed by atoms with E-state index in [-0.39, 0.29) is 17.2 Å². The van der Waals surface area contributed by atoms with Crippen LogP contribution in [0.3, 0.4) is 0 Å². The molecule has 2 aromatic heterocycles. The van der Waals surface area contributed by atoms with Crippen molar-refractivity contribution in [2.24, 2.45) is 0 Å². The first-order chi connectivity index (χ1) is 7.08. The Kier molecular flexibility index (Phi) is 1.86. The van der Waals surface area contributed by atoms with Crippen LogP contribution in [0.25, 0.3) is 11.2 Å². The molecule has 7 heteroatoms. The van der Waals surface area contributed by atoms with Gasteiger partial charge in [-0.3, -0.25) is 0 Å². The number of H-pyrrole nitrogens is 1. The summed E-state index contributed by atoms with van der Waals surface area (Å²) in [6.45, 7) is 0. The largest absolute Gasteiger partial charge is 0.477 e. The molecule has 2 heterocycles. The Balaban J connectivity index is 2.62. The molecule has 2 rings (SSSR count). The minimum atomic E-state index is -1.22. The monoisotopic (exact) mass is 207 g/mol. The number of aromatic amines is 1. The van der Waals surface area contributed by atoms with E-state index in [9.17, 15) is 9.59 Å². The second kappa shape index (κ2) is 3.05. The molecule has 0 unspecified atom stereocenters. The number of carboxylic acid groups (broad SMARTS) is 2. The minimum Gasteiger partial charge on any atom is -0.477 e. The van der Waals surface area contributed by atoms with Gasteiger partial charge in [-0.2, -0.15) is 0 Å². The molecular formula is C8H5N3O4. The molecule has 0 aromatic carbocycles. The highest BCUT2D eigenvalue weighted by atomic mass is 16.4. The molecule has 76 valence electrons. The summed E-state index contributed by atoms with van der Waals surface area (Å²) in [5, 5.41) is 17.3. The lowest BCUT2D eigenvalue weighted by Gasteiger charge is -1.91. The van der Waals surface area contributed by atoms with Gasteiger partial charge in [-0.05, 0) is 12.1 Å². The molecule has 0 amide bonds. The third-order valence-corrected chi connectivity index (χ3v) is 1.77. The van der Waals surface area contributed by atoms with Crippen molar-refractivity contribution in [2.75, 3.05) is 0 Å². The zero-order chi connectivity index (χ0) is 11.0. The van der Waals surface area contributed by atoms with E-state index in [1.807, 2.05) is 0 Å². The first-order valence-electron chi connectivity index (χ1n) is 3.91. The van der Waals surface area contributed by atoms with Crippen LogP contribution in [0.2, 0.25) is 0 Å². The van der Waals surface area contributed by atoms with Crippen LogP contribution in [0.4, 0.5) is 0 Å². The summed E-state index contributed by atoms with van der Waals surface area (Å²) in [6, 6.07) is 2.69. The summed E-state index contributed by atoms with van der Waals surface area (Å²) in [5.41, 5.74) is 0.288. The van der Waals surface area contributed by atoms with Crippen molar-refractivity contribution in [2.45, 2.75) is 0 Å². The van der Waals surface area contributed by atoms with Gasteiger partial charge in [0.1, 0.15) is 0 Å². The van der Waals surface area contributed by atoms with Gasteiger partial charge in [0.15, 0.2) is 11.3 Å². The Morgan fingerprint density at radius 1 is 1.13 bits per heavy atom. The molecule has 15 heavy (non-hydrogen) atoms. The van der Waals surface area contributed by atoms with E-state index in [4.69, 9.17) is 10.2 Å². The van der Waals surface area contributed by atoms with Gasteiger partial charge in [-0.15, -0.1) is 0 Å². The molecule has 7 nitrogen and oxygen atoms in total. The quantitative estimate of drug-likeness (QED) is 0.654. The van der Waals surface area contributed by atoms with Crippen LogP contribution < -0.4 is 0 Å². The van der Waals surface area contributed by atoms with Gasteiger partial charge in [0, 0.05) is 0 Å². The smallest absolute Gasteiger partial charge is 0.371 e. The number of carbonyl (C=O) groups is 2. The van der Waals surface area contributed by atoms with E-state index in [1.54, 1.807) is 0 Å². The van der Waals surface area contributed by atoms with Crippen molar-refractivity contribution in [1.82, 2.24) is 15.0 Å². The molecule has 0 radical (unpaired) electrons. The molecule has 0 saturated carbocycles. The Hall–Kier alpha value is -2.44. The lowest BCUT2D eigenvalue weighted by atomic mass is 10.3. The molecule has 0 aliphatic heterocycles. The summed E-state index contributed by atoms with van der Waals surface area (Å²) < 4.78 is 0. The summed E-state index contributed by atoms with van der Waals surface area (Å²) in [5.74, 6) is -2.67. The molecule has 0 aliphatic carbocycles. The zero-order valence-corrected chi connectivity index (χ0v) is 7.26. The third kappa shape index (κ3) is 1.50. The lowest BCUT2D eigenvalue weighted by Crippen LogP contribution is -1.99. The maximum Gasteiger partial charge on any atom is 0.371 e. The van der Waals surface area contributed by atoms with E-state index in [1.165, 1.54) is 12.1 Å². The van der Waals surface area contributed by atoms with Gasteiger partial charge in [0.25, 0.3) is 0 Å². The van der Waals surface area contributed by atoms with Gasteiger partial charge < -0.3 is 15.2 Å². The molecule has 0 aliphatic rings. The second-order valence-corrected chi connectivity index (χ2v) is 2.76. The highest BCUT2D eigenvalue weighted by Crippen LogP contribution is 2.09. The first-order valence-corrected chi connectivity index (χ1v) is 3.91. The van der Waals surface area contributed by atoms with Crippen LogP contribution in [0, 0.1) is 0 Å². The summed E-state index contributed by atoms with van der Waals surface area (Å²) in [6.07, 6.45) is 0. The molecular weight excluding hydrogens is 202 g/mol. The number of carboxylic acids is 2. The van der Waals surface area contributed by atoms with Crippen LogP contribution in [0.15, 0.2) is 12.1 Å². The molecule has 3 N–H and O–H groups in total. The van der Waals surface area contributed by atoms with Gasteiger partial charge in [0.05, 0.1) is 5.52 Å². The van der Waals surface area contributed by atoms with E-state index >= 15 is 0 Å². The van der Waals surface area contributed by atoms with Crippen LogP contribution in [0.1, 0.15) is 21.1 Å². The van der Waals surface area contributed by atoms with E-state index in [0.29, 0.717) is 5.52 Å². The normalized spacial score (nSPS) is 10.4. The first kappa shape index (κ1) is 9.13.